The summed E-state index contributed by atoms with van der Waals surface area (Å²) in [5.74, 6) is 0.549. The number of aromatic nitrogens is 4. The van der Waals surface area contributed by atoms with E-state index in [0.29, 0.717) is 0 Å². The van der Waals surface area contributed by atoms with Crippen molar-refractivity contribution in [2.75, 3.05) is 11.4 Å². The van der Waals surface area contributed by atoms with E-state index in [1.165, 1.54) is 23.4 Å². The van der Waals surface area contributed by atoms with E-state index >= 15 is 0 Å². The minimum Gasteiger partial charge on any atom is -0.349 e. The average Bonchev–Trinajstić information content (AvgIpc) is 3.11. The molecule has 3 aromatic rings. The third-order valence-corrected chi connectivity index (χ3v) is 5.00. The molecule has 1 aliphatic heterocycles. The number of benzene rings is 1. The van der Waals surface area contributed by atoms with Crippen molar-refractivity contribution in [2.24, 2.45) is 7.05 Å². The molecule has 1 aromatic carbocycles. The number of hydrogen-bond donors (Lipinski definition) is 0. The molecule has 3 heterocycles. The quantitative estimate of drug-likeness (QED) is 0.724. The molecule has 124 valence electrons. The van der Waals surface area contributed by atoms with Gasteiger partial charge in [0, 0.05) is 30.2 Å². The summed E-state index contributed by atoms with van der Waals surface area (Å²) in [5, 5.41) is 5.32. The van der Waals surface area contributed by atoms with Gasteiger partial charge in [-0.15, -0.1) is 0 Å². The maximum Gasteiger partial charge on any atom is 0.140 e. The summed E-state index contributed by atoms with van der Waals surface area (Å²) >= 11 is 0. The van der Waals surface area contributed by atoms with E-state index in [-0.39, 0.29) is 11.9 Å². The molecular formula is C18H20FN5. The molecule has 1 fully saturated rings. The first-order chi connectivity index (χ1) is 11.6. The SMILES string of the molecule is Cc1nn(C)c(C)c1C1CCCN1c1ncnc2ccc(F)cc12. The van der Waals surface area contributed by atoms with Crippen molar-refractivity contribution in [3.8, 4) is 0 Å². The minimum absolute atomic E-state index is 0.222. The lowest BCUT2D eigenvalue weighted by atomic mass is 10.0. The van der Waals surface area contributed by atoms with Crippen LogP contribution in [0.15, 0.2) is 24.5 Å². The van der Waals surface area contributed by atoms with Crippen LogP contribution in [0.5, 0.6) is 0 Å². The highest BCUT2D eigenvalue weighted by Crippen LogP contribution is 2.39. The topological polar surface area (TPSA) is 46.8 Å². The Labute approximate surface area is 140 Å². The van der Waals surface area contributed by atoms with Crippen LogP contribution < -0.4 is 4.90 Å². The number of halogens is 1. The maximum absolute atomic E-state index is 13.8. The molecular weight excluding hydrogens is 305 g/mol. The average molecular weight is 325 g/mol. The molecule has 4 rings (SSSR count). The third-order valence-electron chi connectivity index (χ3n) is 5.00. The molecule has 24 heavy (non-hydrogen) atoms. The Bertz CT molecular complexity index is 917. The fraction of sp³-hybridized carbons (Fsp3) is 0.389. The molecule has 1 atom stereocenters. The van der Waals surface area contributed by atoms with Gasteiger partial charge in [0.15, 0.2) is 0 Å². The molecule has 0 spiro atoms. The third kappa shape index (κ3) is 2.25. The first-order valence-electron chi connectivity index (χ1n) is 8.23. The second-order valence-corrected chi connectivity index (χ2v) is 6.42. The number of fused-ring (bicyclic) bond motifs is 1. The standard InChI is InChI=1S/C18H20FN5/c1-11-17(12(2)23(3)22-11)16-5-4-8-24(16)18-14-9-13(19)6-7-15(14)20-10-21-18/h6-7,9-10,16H,4-5,8H2,1-3H3. The van der Waals surface area contributed by atoms with E-state index in [1.807, 2.05) is 11.7 Å². The Morgan fingerprint density at radius 2 is 2.04 bits per heavy atom. The molecule has 2 aromatic heterocycles. The number of nitrogens with zero attached hydrogens (tertiary/aromatic N) is 5. The van der Waals surface area contributed by atoms with Gasteiger partial charge in [0.2, 0.25) is 0 Å². The van der Waals surface area contributed by atoms with Gasteiger partial charge in [-0.25, -0.2) is 14.4 Å². The van der Waals surface area contributed by atoms with Crippen molar-refractivity contribution in [2.45, 2.75) is 32.7 Å². The van der Waals surface area contributed by atoms with Gasteiger partial charge in [0.05, 0.1) is 17.3 Å². The number of aryl methyl sites for hydroxylation is 2. The number of hydrogen-bond acceptors (Lipinski definition) is 4. The lowest BCUT2D eigenvalue weighted by molar-refractivity contribution is 0.629. The zero-order valence-corrected chi connectivity index (χ0v) is 14.1. The number of rotatable bonds is 2. The van der Waals surface area contributed by atoms with Crippen molar-refractivity contribution < 1.29 is 4.39 Å². The Balaban J connectivity index is 1.85. The second kappa shape index (κ2) is 5.54. The molecule has 0 bridgehead atoms. The monoisotopic (exact) mass is 325 g/mol. The van der Waals surface area contributed by atoms with Crippen LogP contribution in [0, 0.1) is 19.7 Å². The summed E-state index contributed by atoms with van der Waals surface area (Å²) in [6.45, 7) is 5.06. The van der Waals surface area contributed by atoms with Gasteiger partial charge in [-0.2, -0.15) is 5.10 Å². The Morgan fingerprint density at radius 3 is 2.79 bits per heavy atom. The van der Waals surface area contributed by atoms with Crippen molar-refractivity contribution in [1.82, 2.24) is 19.7 Å². The van der Waals surface area contributed by atoms with Gasteiger partial charge < -0.3 is 4.90 Å². The molecule has 1 saturated heterocycles. The van der Waals surface area contributed by atoms with Crippen LogP contribution in [-0.4, -0.2) is 26.3 Å². The zero-order valence-electron chi connectivity index (χ0n) is 14.1. The Hall–Kier alpha value is -2.50. The normalized spacial score (nSPS) is 17.8. The highest BCUT2D eigenvalue weighted by atomic mass is 19.1. The van der Waals surface area contributed by atoms with Crippen molar-refractivity contribution in [3.63, 3.8) is 0 Å². The van der Waals surface area contributed by atoms with Gasteiger partial charge >= 0.3 is 0 Å². The van der Waals surface area contributed by atoms with Gasteiger partial charge in [-0.1, -0.05) is 0 Å². The lowest BCUT2D eigenvalue weighted by Gasteiger charge is -2.27. The largest absolute Gasteiger partial charge is 0.349 e. The summed E-state index contributed by atoms with van der Waals surface area (Å²) < 4.78 is 15.7. The van der Waals surface area contributed by atoms with Crippen LogP contribution >= 0.6 is 0 Å². The van der Waals surface area contributed by atoms with Gasteiger partial charge in [-0.3, -0.25) is 4.68 Å². The van der Waals surface area contributed by atoms with Crippen molar-refractivity contribution >= 4 is 16.7 Å². The highest BCUT2D eigenvalue weighted by Gasteiger charge is 2.32. The maximum atomic E-state index is 13.8. The van der Waals surface area contributed by atoms with E-state index < -0.39 is 0 Å². The van der Waals surface area contributed by atoms with Gasteiger partial charge in [0.25, 0.3) is 0 Å². The highest BCUT2D eigenvalue weighted by molar-refractivity contribution is 5.89. The van der Waals surface area contributed by atoms with E-state index in [9.17, 15) is 4.39 Å². The summed E-state index contributed by atoms with van der Waals surface area (Å²) in [5.41, 5.74) is 4.26. The van der Waals surface area contributed by atoms with Crippen LogP contribution in [0.25, 0.3) is 10.9 Å². The fourth-order valence-corrected chi connectivity index (χ4v) is 3.84. The van der Waals surface area contributed by atoms with Crippen molar-refractivity contribution in [3.05, 3.63) is 47.3 Å². The van der Waals surface area contributed by atoms with E-state index in [4.69, 9.17) is 0 Å². The molecule has 1 aliphatic rings. The predicted octanol–water partition coefficient (Wildman–Crippen LogP) is 3.46. The summed E-state index contributed by atoms with van der Waals surface area (Å²) in [4.78, 5) is 11.0. The second-order valence-electron chi connectivity index (χ2n) is 6.42. The van der Waals surface area contributed by atoms with Crippen LogP contribution in [-0.2, 0) is 7.05 Å². The van der Waals surface area contributed by atoms with E-state index in [1.54, 1.807) is 12.4 Å². The minimum atomic E-state index is -0.261. The van der Waals surface area contributed by atoms with Crippen molar-refractivity contribution in [1.29, 1.82) is 0 Å². The first-order valence-corrected chi connectivity index (χ1v) is 8.23. The van der Waals surface area contributed by atoms with Crippen LogP contribution in [0.2, 0.25) is 0 Å². The van der Waals surface area contributed by atoms with Crippen LogP contribution in [0.1, 0.15) is 35.8 Å². The van der Waals surface area contributed by atoms with Crippen LogP contribution in [0.3, 0.4) is 0 Å². The smallest absolute Gasteiger partial charge is 0.140 e. The molecule has 1 unspecified atom stereocenters. The number of anilines is 1. The molecule has 0 amide bonds. The molecule has 0 N–H and O–H groups in total. The fourth-order valence-electron chi connectivity index (χ4n) is 3.84. The van der Waals surface area contributed by atoms with Gasteiger partial charge in [0.1, 0.15) is 18.0 Å². The Kier molecular flexibility index (Phi) is 3.48. The van der Waals surface area contributed by atoms with E-state index in [2.05, 4.69) is 33.8 Å². The van der Waals surface area contributed by atoms with Gasteiger partial charge in [-0.05, 0) is 44.9 Å². The summed E-state index contributed by atoms with van der Waals surface area (Å²) in [6, 6.07) is 4.90. The summed E-state index contributed by atoms with van der Waals surface area (Å²) in [7, 11) is 1.97. The molecule has 0 radical (unpaired) electrons. The lowest BCUT2D eigenvalue weighted by Crippen LogP contribution is -2.24. The van der Waals surface area contributed by atoms with E-state index in [0.717, 1.165) is 41.8 Å². The zero-order chi connectivity index (χ0) is 16.8. The predicted molar refractivity (Wildman–Crippen MR) is 91.5 cm³/mol. The molecule has 0 saturated carbocycles. The molecule has 0 aliphatic carbocycles. The first kappa shape index (κ1) is 15.1. The summed E-state index contributed by atoms with van der Waals surface area (Å²) in [6.07, 6.45) is 3.70. The van der Waals surface area contributed by atoms with Crippen LogP contribution in [0.4, 0.5) is 10.2 Å². The molecule has 5 nitrogen and oxygen atoms in total. The Morgan fingerprint density at radius 1 is 1.21 bits per heavy atom. The molecule has 6 heteroatoms.